The van der Waals surface area contributed by atoms with Gasteiger partial charge < -0.3 is 20.3 Å². The lowest BCUT2D eigenvalue weighted by molar-refractivity contribution is 0.0648. The Bertz CT molecular complexity index is 392. The second kappa shape index (κ2) is 4.47. The maximum absolute atomic E-state index is 10.5. The van der Waals surface area contributed by atoms with Gasteiger partial charge in [0.05, 0.1) is 5.56 Å². The van der Waals surface area contributed by atoms with Crippen molar-refractivity contribution >= 4 is 30.3 Å². The normalized spacial score (nSPS) is 9.07. The van der Waals surface area contributed by atoms with Crippen LogP contribution in [0, 0.1) is 0 Å². The minimum absolute atomic E-state index is 0. The van der Waals surface area contributed by atoms with E-state index in [0.717, 1.165) is 6.07 Å². The molecule has 1 heterocycles. The summed E-state index contributed by atoms with van der Waals surface area (Å²) in [4.78, 5) is 33.3. The molecule has 0 aliphatic carbocycles. The number of hydrogen-bond acceptors (Lipinski definition) is 3. The molecule has 0 radical (unpaired) electrons. The number of aromatic carboxylic acids is 3. The van der Waals surface area contributed by atoms with Gasteiger partial charge in [0, 0.05) is 0 Å². The second-order valence-electron chi connectivity index (χ2n) is 2.39. The highest BCUT2D eigenvalue weighted by molar-refractivity contribution is 6.03. The molecule has 4 N–H and O–H groups in total. The zero-order chi connectivity index (χ0) is 10.9. The van der Waals surface area contributed by atoms with Crippen molar-refractivity contribution in [2.75, 3.05) is 0 Å². The number of aromatic nitrogens is 1. The fourth-order valence-electron chi connectivity index (χ4n) is 0.907. The van der Waals surface area contributed by atoms with Crippen LogP contribution < -0.4 is 0 Å². The monoisotopic (exact) mass is 235 g/mol. The first-order chi connectivity index (χ1) is 6.43. The molecule has 8 heteroatoms. The number of nitrogens with one attached hydrogen (secondary N) is 1. The molecule has 0 atom stereocenters. The fourth-order valence-corrected chi connectivity index (χ4v) is 0.907. The number of carbonyl (C=O) groups is 3. The predicted octanol–water partition coefficient (Wildman–Crippen LogP) is 0.531. The molecule has 0 bridgehead atoms. The van der Waals surface area contributed by atoms with Crippen LogP contribution in [0.15, 0.2) is 6.07 Å². The van der Waals surface area contributed by atoms with Gasteiger partial charge in [0.1, 0.15) is 11.4 Å². The Morgan fingerprint density at radius 1 is 1.00 bits per heavy atom. The van der Waals surface area contributed by atoms with Crippen molar-refractivity contribution in [2.24, 2.45) is 0 Å². The molecule has 1 aromatic rings. The van der Waals surface area contributed by atoms with E-state index in [1.54, 1.807) is 0 Å². The van der Waals surface area contributed by atoms with E-state index in [4.69, 9.17) is 15.3 Å². The molecule has 0 unspecified atom stereocenters. The van der Waals surface area contributed by atoms with Gasteiger partial charge in [-0.25, -0.2) is 14.4 Å². The van der Waals surface area contributed by atoms with Gasteiger partial charge in [-0.05, 0) is 6.07 Å². The number of carboxylic acid groups (broad SMARTS) is 3. The molecule has 0 spiro atoms. The van der Waals surface area contributed by atoms with Crippen molar-refractivity contribution < 1.29 is 29.7 Å². The molecule has 0 saturated carbocycles. The minimum atomic E-state index is -1.52. The summed E-state index contributed by atoms with van der Waals surface area (Å²) in [6.45, 7) is 0. The highest BCUT2D eigenvalue weighted by Gasteiger charge is 2.21. The molecule has 1 aromatic heterocycles. The van der Waals surface area contributed by atoms with E-state index in [-0.39, 0.29) is 12.4 Å². The molecular weight excluding hydrogens is 230 g/mol. The lowest BCUT2D eigenvalue weighted by Gasteiger charge is -1.90. The fraction of sp³-hybridized carbons (Fsp3) is 0. The highest BCUT2D eigenvalue weighted by atomic mass is 35.5. The number of hydrogen-bond donors (Lipinski definition) is 4. The van der Waals surface area contributed by atoms with Gasteiger partial charge in [0.2, 0.25) is 0 Å². The van der Waals surface area contributed by atoms with Gasteiger partial charge in [-0.3, -0.25) is 0 Å². The molecule has 7 nitrogen and oxygen atoms in total. The van der Waals surface area contributed by atoms with Crippen molar-refractivity contribution in [1.29, 1.82) is 0 Å². The molecule has 15 heavy (non-hydrogen) atoms. The summed E-state index contributed by atoms with van der Waals surface area (Å²) < 4.78 is 0. The lowest BCUT2D eigenvalue weighted by Crippen LogP contribution is -2.06. The number of rotatable bonds is 3. The smallest absolute Gasteiger partial charge is 0.353 e. The largest absolute Gasteiger partial charge is 0.478 e. The number of halogens is 1. The predicted molar refractivity (Wildman–Crippen MR) is 48.9 cm³/mol. The van der Waals surface area contributed by atoms with Crippen molar-refractivity contribution in [3.05, 3.63) is 23.0 Å². The first kappa shape index (κ1) is 13.0. The van der Waals surface area contributed by atoms with Gasteiger partial charge in [-0.1, -0.05) is 0 Å². The van der Waals surface area contributed by atoms with Crippen LogP contribution in [0.5, 0.6) is 0 Å². The average molecular weight is 236 g/mol. The summed E-state index contributed by atoms with van der Waals surface area (Å²) in [7, 11) is 0. The zero-order valence-electron chi connectivity index (χ0n) is 7.05. The summed E-state index contributed by atoms with van der Waals surface area (Å²) in [5.41, 5.74) is -1.69. The van der Waals surface area contributed by atoms with Crippen LogP contribution in [0.2, 0.25) is 0 Å². The van der Waals surface area contributed by atoms with E-state index in [1.807, 2.05) is 4.98 Å². The Morgan fingerprint density at radius 3 is 1.80 bits per heavy atom. The number of carboxylic acids is 3. The third-order valence-electron chi connectivity index (χ3n) is 1.49. The molecule has 82 valence electrons. The molecule has 0 saturated heterocycles. The first-order valence-electron chi connectivity index (χ1n) is 3.36. The molecule has 0 aromatic carbocycles. The molecular formula is C7H6ClNO6. The van der Waals surface area contributed by atoms with E-state index >= 15 is 0 Å². The van der Waals surface area contributed by atoms with Gasteiger partial charge in [0.15, 0.2) is 0 Å². The lowest BCUT2D eigenvalue weighted by atomic mass is 10.2. The van der Waals surface area contributed by atoms with Crippen molar-refractivity contribution in [2.45, 2.75) is 0 Å². The van der Waals surface area contributed by atoms with Crippen LogP contribution in [-0.2, 0) is 0 Å². The summed E-state index contributed by atoms with van der Waals surface area (Å²) in [6.07, 6.45) is 0. The van der Waals surface area contributed by atoms with Crippen LogP contribution in [0.1, 0.15) is 31.3 Å². The SMILES string of the molecule is Cl.O=C(O)c1cc(C(=O)O)c(C(=O)O)[nH]1. The topological polar surface area (TPSA) is 128 Å². The van der Waals surface area contributed by atoms with Crippen LogP contribution in [-0.4, -0.2) is 38.2 Å². The number of aromatic amines is 1. The first-order valence-corrected chi connectivity index (χ1v) is 3.36. The Hall–Kier alpha value is -2.02. The standard InChI is InChI=1S/C7H5NO6.ClH/c9-5(10)2-1-3(6(11)12)8-4(2)7(13)14;/h1,8H,(H,9,10)(H,11,12)(H,13,14);1H. The second-order valence-corrected chi connectivity index (χ2v) is 2.39. The van der Waals surface area contributed by atoms with Crippen molar-refractivity contribution in [3.63, 3.8) is 0 Å². The highest BCUT2D eigenvalue weighted by Crippen LogP contribution is 2.11. The molecule has 0 aliphatic heterocycles. The number of H-pyrrole nitrogens is 1. The Balaban J connectivity index is 0.00000196. The van der Waals surface area contributed by atoms with Gasteiger partial charge >= 0.3 is 17.9 Å². The van der Waals surface area contributed by atoms with Gasteiger partial charge in [-0.15, -0.1) is 12.4 Å². The summed E-state index contributed by atoms with van der Waals surface area (Å²) >= 11 is 0. The van der Waals surface area contributed by atoms with Crippen LogP contribution in [0.4, 0.5) is 0 Å². The van der Waals surface area contributed by atoms with Crippen molar-refractivity contribution in [3.8, 4) is 0 Å². The van der Waals surface area contributed by atoms with E-state index in [1.165, 1.54) is 0 Å². The Morgan fingerprint density at radius 2 is 1.53 bits per heavy atom. The van der Waals surface area contributed by atoms with Crippen molar-refractivity contribution in [1.82, 2.24) is 4.98 Å². The summed E-state index contributed by atoms with van der Waals surface area (Å²) in [6, 6.07) is 0.758. The third-order valence-corrected chi connectivity index (χ3v) is 1.49. The molecule has 0 fully saturated rings. The Labute approximate surface area is 88.8 Å². The van der Waals surface area contributed by atoms with E-state index < -0.39 is 34.9 Å². The molecule has 0 aliphatic rings. The van der Waals surface area contributed by atoms with Gasteiger partial charge in [-0.2, -0.15) is 0 Å². The van der Waals surface area contributed by atoms with E-state index in [2.05, 4.69) is 0 Å². The Kier molecular flexibility index (Phi) is 3.87. The van der Waals surface area contributed by atoms with E-state index in [9.17, 15) is 14.4 Å². The molecule has 0 amide bonds. The molecule has 1 rings (SSSR count). The van der Waals surface area contributed by atoms with E-state index in [0.29, 0.717) is 0 Å². The zero-order valence-corrected chi connectivity index (χ0v) is 7.87. The minimum Gasteiger partial charge on any atom is -0.478 e. The summed E-state index contributed by atoms with van der Waals surface area (Å²) in [5, 5.41) is 25.5. The van der Waals surface area contributed by atoms with Gasteiger partial charge in [0.25, 0.3) is 0 Å². The quantitative estimate of drug-likeness (QED) is 0.605. The van der Waals surface area contributed by atoms with Crippen LogP contribution in [0.3, 0.4) is 0 Å². The van der Waals surface area contributed by atoms with Crippen LogP contribution >= 0.6 is 12.4 Å². The van der Waals surface area contributed by atoms with Crippen LogP contribution in [0.25, 0.3) is 0 Å². The average Bonchev–Trinajstić information content (AvgIpc) is 2.47. The maximum atomic E-state index is 10.5. The third kappa shape index (κ3) is 2.47. The summed E-state index contributed by atoms with van der Waals surface area (Å²) in [5.74, 6) is -4.43. The maximum Gasteiger partial charge on any atom is 0.353 e.